The topological polar surface area (TPSA) is 46.9 Å². The molecular formula is C13H18ClN3O. The Bertz CT molecular complexity index is 471. The van der Waals surface area contributed by atoms with E-state index in [-0.39, 0.29) is 11.7 Å². The molecule has 0 aliphatic carbocycles. The molecule has 0 aromatic carbocycles. The third-order valence-corrected chi connectivity index (χ3v) is 4.38. The van der Waals surface area contributed by atoms with Crippen LogP contribution < -0.4 is 5.32 Å². The van der Waals surface area contributed by atoms with Crippen LogP contribution in [0.1, 0.15) is 43.1 Å². The molecule has 2 fully saturated rings. The van der Waals surface area contributed by atoms with Gasteiger partial charge in [-0.3, -0.25) is 9.48 Å². The van der Waals surface area contributed by atoms with Crippen LogP contribution in [0.5, 0.6) is 0 Å². The number of rotatable bonds is 4. The van der Waals surface area contributed by atoms with Crippen molar-refractivity contribution in [2.45, 2.75) is 51.2 Å². The maximum absolute atomic E-state index is 12.6. The predicted molar refractivity (Wildman–Crippen MR) is 69.9 cm³/mol. The van der Waals surface area contributed by atoms with Gasteiger partial charge in [-0.1, -0.05) is 18.5 Å². The molecule has 3 unspecified atom stereocenters. The zero-order valence-electron chi connectivity index (χ0n) is 10.5. The van der Waals surface area contributed by atoms with Gasteiger partial charge in [0.25, 0.3) is 0 Å². The van der Waals surface area contributed by atoms with Crippen LogP contribution in [0.25, 0.3) is 0 Å². The summed E-state index contributed by atoms with van der Waals surface area (Å²) in [7, 11) is 0. The summed E-state index contributed by atoms with van der Waals surface area (Å²) < 4.78 is 1.76. The summed E-state index contributed by atoms with van der Waals surface area (Å²) in [5.74, 6) is 0.263. The molecule has 2 bridgehead atoms. The number of hydrogen-bond acceptors (Lipinski definition) is 3. The molecule has 1 aromatic rings. The van der Waals surface area contributed by atoms with Crippen molar-refractivity contribution in [1.29, 1.82) is 0 Å². The third-order valence-electron chi connectivity index (χ3n) is 4.10. The standard InChI is InChI=1S/C13H18ClN3O/c1-2-5-17-12(10(14)7-15-17)13(18)9-6-8-3-4-11(9)16-8/h7-9,11,16H,2-6H2,1H3. The first kappa shape index (κ1) is 12.2. The van der Waals surface area contributed by atoms with E-state index in [1.165, 1.54) is 6.42 Å². The molecule has 0 spiro atoms. The van der Waals surface area contributed by atoms with Crippen LogP contribution in [0.4, 0.5) is 0 Å². The first-order valence-corrected chi connectivity index (χ1v) is 7.10. The lowest BCUT2D eigenvalue weighted by Gasteiger charge is -2.19. The van der Waals surface area contributed by atoms with Gasteiger partial charge in [-0.15, -0.1) is 0 Å². The Labute approximate surface area is 112 Å². The van der Waals surface area contributed by atoms with E-state index in [4.69, 9.17) is 11.6 Å². The van der Waals surface area contributed by atoms with Crippen LogP contribution in [-0.4, -0.2) is 27.6 Å². The quantitative estimate of drug-likeness (QED) is 0.852. The summed E-state index contributed by atoms with van der Waals surface area (Å²) >= 11 is 6.13. The number of aryl methyl sites for hydroxylation is 1. The molecule has 1 N–H and O–H groups in total. The Morgan fingerprint density at radius 2 is 2.44 bits per heavy atom. The molecule has 3 heterocycles. The minimum absolute atomic E-state index is 0.0913. The number of hydrogen-bond donors (Lipinski definition) is 1. The van der Waals surface area contributed by atoms with Gasteiger partial charge in [-0.2, -0.15) is 5.10 Å². The molecule has 1 aromatic heterocycles. The highest BCUT2D eigenvalue weighted by molar-refractivity contribution is 6.33. The van der Waals surface area contributed by atoms with Gasteiger partial charge < -0.3 is 5.32 Å². The fraction of sp³-hybridized carbons (Fsp3) is 0.692. The molecule has 5 heteroatoms. The summed E-state index contributed by atoms with van der Waals surface area (Å²) in [6.07, 6.45) is 5.81. The number of Topliss-reactive ketones (excluding diaryl/α,β-unsaturated/α-hetero) is 1. The maximum Gasteiger partial charge on any atom is 0.187 e. The van der Waals surface area contributed by atoms with Gasteiger partial charge in [0.2, 0.25) is 0 Å². The van der Waals surface area contributed by atoms with E-state index in [9.17, 15) is 4.79 Å². The summed E-state index contributed by atoms with van der Waals surface area (Å²) in [4.78, 5) is 12.6. The Morgan fingerprint density at radius 3 is 3.06 bits per heavy atom. The average Bonchev–Trinajstić information content (AvgIpc) is 3.04. The molecule has 3 rings (SSSR count). The second-order valence-electron chi connectivity index (χ2n) is 5.32. The first-order valence-electron chi connectivity index (χ1n) is 6.72. The van der Waals surface area contributed by atoms with Crippen LogP contribution in [0.15, 0.2) is 6.20 Å². The highest BCUT2D eigenvalue weighted by Gasteiger charge is 2.44. The van der Waals surface area contributed by atoms with Gasteiger partial charge >= 0.3 is 0 Å². The lowest BCUT2D eigenvalue weighted by atomic mass is 9.85. The van der Waals surface area contributed by atoms with Crippen molar-refractivity contribution in [3.63, 3.8) is 0 Å². The number of ketones is 1. The van der Waals surface area contributed by atoms with E-state index < -0.39 is 0 Å². The molecular weight excluding hydrogens is 250 g/mol. The molecule has 98 valence electrons. The van der Waals surface area contributed by atoms with Crippen LogP contribution >= 0.6 is 11.6 Å². The van der Waals surface area contributed by atoms with E-state index in [1.54, 1.807) is 10.9 Å². The van der Waals surface area contributed by atoms with Crippen LogP contribution in [0.2, 0.25) is 5.02 Å². The van der Waals surface area contributed by atoms with Crippen molar-refractivity contribution in [2.75, 3.05) is 0 Å². The van der Waals surface area contributed by atoms with Gasteiger partial charge in [-0.25, -0.2) is 0 Å². The number of nitrogens with zero attached hydrogens (tertiary/aromatic N) is 2. The molecule has 18 heavy (non-hydrogen) atoms. The normalized spacial score (nSPS) is 30.0. The Hall–Kier alpha value is -0.870. The molecule has 2 aliphatic rings. The summed E-state index contributed by atoms with van der Waals surface area (Å²) in [5, 5.41) is 8.20. The highest BCUT2D eigenvalue weighted by Crippen LogP contribution is 2.36. The Kier molecular flexibility index (Phi) is 3.16. The zero-order chi connectivity index (χ0) is 12.7. The lowest BCUT2D eigenvalue weighted by molar-refractivity contribution is 0.0889. The van der Waals surface area contributed by atoms with Crippen molar-refractivity contribution in [3.05, 3.63) is 16.9 Å². The number of aromatic nitrogens is 2. The van der Waals surface area contributed by atoms with E-state index in [0.29, 0.717) is 22.8 Å². The summed E-state index contributed by atoms with van der Waals surface area (Å²) in [5.41, 5.74) is 0.609. The summed E-state index contributed by atoms with van der Waals surface area (Å²) in [6.45, 7) is 2.82. The Morgan fingerprint density at radius 1 is 1.61 bits per heavy atom. The molecule has 2 aliphatic heterocycles. The van der Waals surface area contributed by atoms with Crippen LogP contribution in [-0.2, 0) is 6.54 Å². The molecule has 2 saturated heterocycles. The van der Waals surface area contributed by atoms with E-state index in [0.717, 1.165) is 25.8 Å². The van der Waals surface area contributed by atoms with Crippen molar-refractivity contribution in [1.82, 2.24) is 15.1 Å². The molecule has 0 saturated carbocycles. The van der Waals surface area contributed by atoms with Crippen LogP contribution in [0, 0.1) is 5.92 Å². The number of fused-ring (bicyclic) bond motifs is 2. The Balaban J connectivity index is 1.86. The smallest absolute Gasteiger partial charge is 0.187 e. The molecule has 0 radical (unpaired) electrons. The van der Waals surface area contributed by atoms with E-state index >= 15 is 0 Å². The fourth-order valence-electron chi connectivity index (χ4n) is 3.28. The number of carbonyl (C=O) groups excluding carboxylic acids is 1. The van der Waals surface area contributed by atoms with Gasteiger partial charge in [0, 0.05) is 24.5 Å². The second-order valence-corrected chi connectivity index (χ2v) is 5.73. The minimum Gasteiger partial charge on any atom is -0.310 e. The number of nitrogens with one attached hydrogen (secondary N) is 1. The van der Waals surface area contributed by atoms with E-state index in [2.05, 4.69) is 17.3 Å². The molecule has 4 nitrogen and oxygen atoms in total. The lowest BCUT2D eigenvalue weighted by Crippen LogP contribution is -2.30. The van der Waals surface area contributed by atoms with Crippen LogP contribution in [0.3, 0.4) is 0 Å². The third kappa shape index (κ3) is 1.88. The van der Waals surface area contributed by atoms with Crippen molar-refractivity contribution in [2.24, 2.45) is 5.92 Å². The van der Waals surface area contributed by atoms with Gasteiger partial charge in [-0.05, 0) is 25.7 Å². The van der Waals surface area contributed by atoms with Crippen molar-refractivity contribution in [3.8, 4) is 0 Å². The predicted octanol–water partition coefficient (Wildman–Crippen LogP) is 2.27. The van der Waals surface area contributed by atoms with E-state index in [1.807, 2.05) is 0 Å². The molecule has 0 amide bonds. The first-order chi connectivity index (χ1) is 8.70. The summed E-state index contributed by atoms with van der Waals surface area (Å²) in [6, 6.07) is 0.883. The largest absolute Gasteiger partial charge is 0.310 e. The molecule has 3 atom stereocenters. The fourth-order valence-corrected chi connectivity index (χ4v) is 3.51. The average molecular weight is 268 g/mol. The minimum atomic E-state index is 0.0913. The number of carbonyl (C=O) groups is 1. The second kappa shape index (κ2) is 4.67. The highest BCUT2D eigenvalue weighted by atomic mass is 35.5. The monoisotopic (exact) mass is 267 g/mol. The van der Waals surface area contributed by atoms with Gasteiger partial charge in [0.15, 0.2) is 5.78 Å². The maximum atomic E-state index is 12.6. The van der Waals surface area contributed by atoms with Gasteiger partial charge in [0.05, 0.1) is 11.2 Å². The number of halogens is 1. The van der Waals surface area contributed by atoms with Gasteiger partial charge in [0.1, 0.15) is 5.69 Å². The zero-order valence-corrected chi connectivity index (χ0v) is 11.3. The SMILES string of the molecule is CCCn1ncc(Cl)c1C(=O)C1CC2CCC1N2. The van der Waals surface area contributed by atoms with Crippen molar-refractivity contribution < 1.29 is 4.79 Å². The van der Waals surface area contributed by atoms with Crippen molar-refractivity contribution >= 4 is 17.4 Å².